The van der Waals surface area contributed by atoms with E-state index in [0.29, 0.717) is 0 Å². The highest BCUT2D eigenvalue weighted by Gasteiger charge is 2.34. The minimum atomic E-state index is -1.20. The molecule has 0 saturated carbocycles. The molecule has 0 unspecified atom stereocenters. The van der Waals surface area contributed by atoms with Crippen LogP contribution < -0.4 is 10.6 Å². The van der Waals surface area contributed by atoms with Crippen molar-refractivity contribution in [3.8, 4) is 0 Å². The van der Waals surface area contributed by atoms with E-state index >= 15 is 0 Å². The molecule has 2 amide bonds. The zero-order chi connectivity index (χ0) is 13.0. The molecule has 1 aliphatic rings. The van der Waals surface area contributed by atoms with Gasteiger partial charge in [0.05, 0.1) is 6.42 Å². The Balaban J connectivity index is 2.55. The Kier molecular flexibility index (Phi) is 4.02. The summed E-state index contributed by atoms with van der Waals surface area (Å²) in [4.78, 5) is 43.6. The summed E-state index contributed by atoms with van der Waals surface area (Å²) in [5.41, 5.74) is 0. The monoisotopic (exact) mass is 244 g/mol. The quantitative estimate of drug-likeness (QED) is 0.456. The molecule has 0 aromatic heterocycles. The first kappa shape index (κ1) is 12.9. The van der Waals surface area contributed by atoms with Gasteiger partial charge in [0, 0.05) is 6.42 Å². The molecule has 1 fully saturated rings. The number of rotatable bonds is 5. The lowest BCUT2D eigenvalue weighted by atomic mass is 10.0. The van der Waals surface area contributed by atoms with Crippen LogP contribution in [-0.4, -0.2) is 46.0 Å². The summed E-state index contributed by atoms with van der Waals surface area (Å²) in [6, 6.07) is -2.01. The van der Waals surface area contributed by atoms with E-state index in [4.69, 9.17) is 10.2 Å². The number of carboxylic acids is 2. The molecular formula is C9H12N2O6. The molecule has 1 saturated heterocycles. The summed E-state index contributed by atoms with van der Waals surface area (Å²) >= 11 is 0. The molecule has 0 spiro atoms. The van der Waals surface area contributed by atoms with E-state index in [1.807, 2.05) is 0 Å². The van der Waals surface area contributed by atoms with Crippen LogP contribution in [0.5, 0.6) is 0 Å². The highest BCUT2D eigenvalue weighted by atomic mass is 16.4. The molecule has 17 heavy (non-hydrogen) atoms. The maximum Gasteiger partial charge on any atom is 0.305 e. The third kappa shape index (κ3) is 3.74. The number of amides is 2. The molecule has 0 aliphatic carbocycles. The van der Waals surface area contributed by atoms with E-state index in [1.54, 1.807) is 0 Å². The zero-order valence-electron chi connectivity index (χ0n) is 8.80. The Morgan fingerprint density at radius 1 is 1.00 bits per heavy atom. The van der Waals surface area contributed by atoms with Gasteiger partial charge in [-0.15, -0.1) is 0 Å². The van der Waals surface area contributed by atoms with Crippen LogP contribution in [-0.2, 0) is 19.2 Å². The van der Waals surface area contributed by atoms with E-state index in [9.17, 15) is 19.2 Å². The topological polar surface area (TPSA) is 133 Å². The number of carbonyl (C=O) groups is 4. The Labute approximate surface area is 96.0 Å². The van der Waals surface area contributed by atoms with Crippen LogP contribution in [0.4, 0.5) is 0 Å². The minimum absolute atomic E-state index is 0.0211. The standard InChI is InChI=1S/C9H12N2O6/c12-6(13)2-1-4-8(16)11-5(3-7(14)15)9(17)10-4/h4-5H,1-3H2,(H,10,17)(H,11,16)(H,12,13)(H,14,15)/t4-,5-/m0/s1. The fraction of sp³-hybridized carbons (Fsp3) is 0.556. The molecule has 4 N–H and O–H groups in total. The molecule has 0 radical (unpaired) electrons. The van der Waals surface area contributed by atoms with Gasteiger partial charge in [-0.2, -0.15) is 0 Å². The van der Waals surface area contributed by atoms with Crippen LogP contribution in [0.15, 0.2) is 0 Å². The van der Waals surface area contributed by atoms with Gasteiger partial charge in [-0.1, -0.05) is 0 Å². The first-order valence-electron chi connectivity index (χ1n) is 4.94. The average molecular weight is 244 g/mol. The third-order valence-corrected chi connectivity index (χ3v) is 2.29. The molecule has 0 aromatic rings. The fourth-order valence-electron chi connectivity index (χ4n) is 1.47. The number of nitrogens with one attached hydrogen (secondary N) is 2. The fourth-order valence-corrected chi connectivity index (χ4v) is 1.47. The van der Waals surface area contributed by atoms with E-state index in [2.05, 4.69) is 10.6 Å². The smallest absolute Gasteiger partial charge is 0.305 e. The van der Waals surface area contributed by atoms with Crippen LogP contribution >= 0.6 is 0 Å². The van der Waals surface area contributed by atoms with Crippen LogP contribution in [0.1, 0.15) is 19.3 Å². The second kappa shape index (κ2) is 5.28. The summed E-state index contributed by atoms with van der Waals surface area (Å²) in [6.45, 7) is 0. The number of aliphatic carboxylic acids is 2. The van der Waals surface area contributed by atoms with Crippen molar-refractivity contribution in [2.75, 3.05) is 0 Å². The lowest BCUT2D eigenvalue weighted by Gasteiger charge is -2.28. The molecular weight excluding hydrogens is 232 g/mol. The van der Waals surface area contributed by atoms with Gasteiger partial charge >= 0.3 is 11.9 Å². The van der Waals surface area contributed by atoms with E-state index in [0.717, 1.165) is 0 Å². The van der Waals surface area contributed by atoms with Gasteiger partial charge in [0.2, 0.25) is 11.8 Å². The van der Waals surface area contributed by atoms with Gasteiger partial charge < -0.3 is 20.8 Å². The predicted octanol–water partition coefficient (Wildman–Crippen LogP) is -1.69. The van der Waals surface area contributed by atoms with Crippen molar-refractivity contribution in [2.24, 2.45) is 0 Å². The Morgan fingerprint density at radius 3 is 2.06 bits per heavy atom. The van der Waals surface area contributed by atoms with Crippen LogP contribution in [0.3, 0.4) is 0 Å². The molecule has 8 heteroatoms. The highest BCUT2D eigenvalue weighted by molar-refractivity contribution is 5.98. The van der Waals surface area contributed by atoms with Gasteiger partial charge in [-0.3, -0.25) is 19.2 Å². The van der Waals surface area contributed by atoms with Crippen LogP contribution in [0.25, 0.3) is 0 Å². The van der Waals surface area contributed by atoms with Crippen molar-refractivity contribution >= 4 is 23.8 Å². The van der Waals surface area contributed by atoms with Gasteiger partial charge in [-0.05, 0) is 6.42 Å². The maximum absolute atomic E-state index is 11.4. The second-order valence-electron chi connectivity index (χ2n) is 3.65. The molecule has 1 aliphatic heterocycles. The lowest BCUT2D eigenvalue weighted by molar-refractivity contribution is -0.143. The van der Waals surface area contributed by atoms with Crippen molar-refractivity contribution in [3.63, 3.8) is 0 Å². The predicted molar refractivity (Wildman–Crippen MR) is 53.0 cm³/mol. The molecule has 2 atom stereocenters. The summed E-state index contributed by atoms with van der Waals surface area (Å²) in [5, 5.41) is 21.5. The van der Waals surface area contributed by atoms with Crippen molar-refractivity contribution in [3.05, 3.63) is 0 Å². The largest absolute Gasteiger partial charge is 0.481 e. The molecule has 1 rings (SSSR count). The van der Waals surface area contributed by atoms with E-state index in [1.165, 1.54) is 0 Å². The first-order valence-corrected chi connectivity index (χ1v) is 4.94. The second-order valence-corrected chi connectivity index (χ2v) is 3.65. The number of carboxylic acid groups (broad SMARTS) is 2. The molecule has 0 aromatic carbocycles. The number of hydrogen-bond acceptors (Lipinski definition) is 4. The minimum Gasteiger partial charge on any atom is -0.481 e. The Bertz CT molecular complexity index is 366. The number of piperazine rings is 1. The van der Waals surface area contributed by atoms with Gasteiger partial charge in [0.15, 0.2) is 0 Å². The summed E-state index contributed by atoms with van der Waals surface area (Å²) in [5.74, 6) is -3.44. The molecule has 0 bridgehead atoms. The van der Waals surface area contributed by atoms with Gasteiger partial charge in [-0.25, -0.2) is 0 Å². The Hall–Kier alpha value is -2.12. The van der Waals surface area contributed by atoms with Crippen molar-refractivity contribution < 1.29 is 29.4 Å². The maximum atomic E-state index is 11.4. The van der Waals surface area contributed by atoms with Crippen molar-refractivity contribution in [1.29, 1.82) is 0 Å². The molecule has 8 nitrogen and oxygen atoms in total. The van der Waals surface area contributed by atoms with Crippen molar-refractivity contribution in [1.82, 2.24) is 10.6 Å². The SMILES string of the molecule is O=C(O)CC[C@@H]1NC(=O)[C@H](CC(=O)O)NC1=O. The average Bonchev–Trinajstić information content (AvgIpc) is 2.20. The summed E-state index contributed by atoms with van der Waals surface area (Å²) in [7, 11) is 0. The van der Waals surface area contributed by atoms with E-state index < -0.39 is 42.3 Å². The summed E-state index contributed by atoms with van der Waals surface area (Å²) < 4.78 is 0. The van der Waals surface area contributed by atoms with Crippen LogP contribution in [0, 0.1) is 0 Å². The first-order chi connectivity index (χ1) is 7.90. The zero-order valence-corrected chi connectivity index (χ0v) is 8.80. The molecule has 1 heterocycles. The summed E-state index contributed by atoms with van der Waals surface area (Å²) in [6.07, 6.45) is -0.766. The third-order valence-electron chi connectivity index (χ3n) is 2.29. The Morgan fingerprint density at radius 2 is 1.53 bits per heavy atom. The normalized spacial score (nSPS) is 23.8. The van der Waals surface area contributed by atoms with Crippen LogP contribution in [0.2, 0.25) is 0 Å². The highest BCUT2D eigenvalue weighted by Crippen LogP contribution is 2.06. The number of hydrogen-bond donors (Lipinski definition) is 4. The lowest BCUT2D eigenvalue weighted by Crippen LogP contribution is -2.62. The van der Waals surface area contributed by atoms with Gasteiger partial charge in [0.25, 0.3) is 0 Å². The number of carbonyl (C=O) groups excluding carboxylic acids is 2. The van der Waals surface area contributed by atoms with Gasteiger partial charge in [0.1, 0.15) is 12.1 Å². The van der Waals surface area contributed by atoms with Crippen molar-refractivity contribution in [2.45, 2.75) is 31.3 Å². The molecule has 94 valence electrons. The van der Waals surface area contributed by atoms with E-state index in [-0.39, 0.29) is 12.8 Å².